The van der Waals surface area contributed by atoms with Gasteiger partial charge in [-0.2, -0.15) is 0 Å². The second-order valence-electron chi connectivity index (χ2n) is 3.10. The van der Waals surface area contributed by atoms with Crippen LogP contribution in [0.5, 0.6) is 5.75 Å². The van der Waals surface area contributed by atoms with Crippen molar-refractivity contribution in [2.24, 2.45) is 0 Å². The highest BCUT2D eigenvalue weighted by atomic mass is 32.1. The molecule has 1 aromatic carbocycles. The maximum absolute atomic E-state index is 10.7. The fourth-order valence-electron chi connectivity index (χ4n) is 1.64. The van der Waals surface area contributed by atoms with Gasteiger partial charge >= 0.3 is 0 Å². The van der Waals surface area contributed by atoms with E-state index in [-0.39, 0.29) is 5.75 Å². The molecule has 2 rings (SSSR count). The molecule has 1 N–H and O–H groups in total. The average Bonchev–Trinajstić information content (AvgIpc) is 2.64. The van der Waals surface area contributed by atoms with Gasteiger partial charge in [0.25, 0.3) is 0 Å². The molecule has 72 valence electrons. The third-order valence-electron chi connectivity index (χ3n) is 2.35. The first-order valence-corrected chi connectivity index (χ1v) is 5.33. The Bertz CT molecular complexity index is 485. The fourth-order valence-corrected chi connectivity index (χ4v) is 2.51. The van der Waals surface area contributed by atoms with Crippen LogP contribution in [0.1, 0.15) is 22.8 Å². The molecule has 2 nitrogen and oxygen atoms in total. The van der Waals surface area contributed by atoms with Gasteiger partial charge in [-0.3, -0.25) is 4.79 Å². The number of benzene rings is 1. The predicted octanol–water partition coefficient (Wildman–Crippen LogP) is 2.98. The third kappa shape index (κ3) is 1.21. The minimum Gasteiger partial charge on any atom is -0.507 e. The molecule has 2 aromatic rings. The topological polar surface area (TPSA) is 37.3 Å². The van der Waals surface area contributed by atoms with Crippen LogP contribution in [0, 0.1) is 0 Å². The number of aryl methyl sites for hydroxylation is 1. The Morgan fingerprint density at radius 2 is 2.36 bits per heavy atom. The Morgan fingerprint density at radius 1 is 1.57 bits per heavy atom. The molecule has 3 heteroatoms. The molecule has 0 unspecified atom stereocenters. The second-order valence-corrected chi connectivity index (χ2v) is 4.04. The number of phenolic OH excluding ortho intramolecular Hbond substituents is 1. The normalized spacial score (nSPS) is 10.6. The molecule has 0 saturated carbocycles. The smallest absolute Gasteiger partial charge is 0.153 e. The molecule has 0 radical (unpaired) electrons. The van der Waals surface area contributed by atoms with E-state index in [1.807, 2.05) is 18.4 Å². The average molecular weight is 206 g/mol. The van der Waals surface area contributed by atoms with Crippen LogP contribution in [-0.2, 0) is 6.42 Å². The largest absolute Gasteiger partial charge is 0.507 e. The SMILES string of the molecule is CCc1c(O)c(C=O)cc2sccc12. The van der Waals surface area contributed by atoms with Gasteiger partial charge < -0.3 is 5.11 Å². The minimum absolute atomic E-state index is 0.133. The number of hydrogen-bond donors (Lipinski definition) is 1. The first-order chi connectivity index (χ1) is 6.77. The number of fused-ring (bicyclic) bond motifs is 1. The number of carbonyl (C=O) groups excluding carboxylic acids is 1. The number of aldehydes is 1. The van der Waals surface area contributed by atoms with E-state index in [2.05, 4.69) is 0 Å². The quantitative estimate of drug-likeness (QED) is 0.767. The van der Waals surface area contributed by atoms with Crippen molar-refractivity contribution in [2.45, 2.75) is 13.3 Å². The maximum atomic E-state index is 10.7. The molecule has 0 aliphatic rings. The van der Waals surface area contributed by atoms with Gasteiger partial charge in [0.05, 0.1) is 5.56 Å². The molecular weight excluding hydrogens is 196 g/mol. The maximum Gasteiger partial charge on any atom is 0.153 e. The van der Waals surface area contributed by atoms with Gasteiger partial charge in [-0.05, 0) is 29.3 Å². The molecule has 14 heavy (non-hydrogen) atoms. The van der Waals surface area contributed by atoms with Crippen molar-refractivity contribution in [1.82, 2.24) is 0 Å². The Kier molecular flexibility index (Phi) is 2.25. The van der Waals surface area contributed by atoms with Crippen LogP contribution in [0.15, 0.2) is 17.5 Å². The van der Waals surface area contributed by atoms with Crippen LogP contribution in [0.4, 0.5) is 0 Å². The molecule has 0 saturated heterocycles. The predicted molar refractivity (Wildman–Crippen MR) is 58.3 cm³/mol. The number of phenols is 1. The van der Waals surface area contributed by atoms with Crippen LogP contribution < -0.4 is 0 Å². The molecular formula is C11H10O2S. The molecule has 1 heterocycles. The molecule has 0 spiro atoms. The van der Waals surface area contributed by atoms with Crippen LogP contribution in [0.3, 0.4) is 0 Å². The molecule has 0 aliphatic carbocycles. The summed E-state index contributed by atoms with van der Waals surface area (Å²) in [5.41, 5.74) is 1.25. The molecule has 0 atom stereocenters. The van der Waals surface area contributed by atoms with Gasteiger partial charge in [0, 0.05) is 10.3 Å². The summed E-state index contributed by atoms with van der Waals surface area (Å²) in [4.78, 5) is 10.7. The number of carbonyl (C=O) groups is 1. The van der Waals surface area contributed by atoms with Gasteiger partial charge in [-0.25, -0.2) is 0 Å². The zero-order valence-corrected chi connectivity index (χ0v) is 8.60. The van der Waals surface area contributed by atoms with Crippen molar-refractivity contribution in [2.75, 3.05) is 0 Å². The van der Waals surface area contributed by atoms with Crippen LogP contribution in [0.25, 0.3) is 10.1 Å². The molecule has 0 fully saturated rings. The minimum atomic E-state index is 0.133. The zero-order chi connectivity index (χ0) is 10.1. The van der Waals surface area contributed by atoms with Crippen molar-refractivity contribution in [3.8, 4) is 5.75 Å². The molecule has 0 amide bonds. The highest BCUT2D eigenvalue weighted by Crippen LogP contribution is 2.33. The summed E-state index contributed by atoms with van der Waals surface area (Å²) in [6, 6.07) is 3.72. The molecule has 0 bridgehead atoms. The van der Waals surface area contributed by atoms with Gasteiger partial charge in [0.15, 0.2) is 6.29 Å². The number of aromatic hydroxyl groups is 1. The summed E-state index contributed by atoms with van der Waals surface area (Å²) in [5, 5.41) is 12.8. The first kappa shape index (κ1) is 9.21. The standard InChI is InChI=1S/C11H10O2S/c1-2-8-9-3-4-14-10(9)5-7(6-12)11(8)13/h3-6,13H,2H2,1H3. The van der Waals surface area contributed by atoms with Crippen LogP contribution in [-0.4, -0.2) is 11.4 Å². The highest BCUT2D eigenvalue weighted by molar-refractivity contribution is 7.17. The van der Waals surface area contributed by atoms with Crippen LogP contribution >= 0.6 is 11.3 Å². The summed E-state index contributed by atoms with van der Waals surface area (Å²) < 4.78 is 1.06. The van der Waals surface area contributed by atoms with Crippen molar-refractivity contribution in [1.29, 1.82) is 0 Å². The van der Waals surface area contributed by atoms with Gasteiger partial charge in [0.2, 0.25) is 0 Å². The second kappa shape index (κ2) is 3.42. The molecule has 1 aromatic heterocycles. The van der Waals surface area contributed by atoms with Gasteiger partial charge in [-0.15, -0.1) is 11.3 Å². The monoisotopic (exact) mass is 206 g/mol. The van der Waals surface area contributed by atoms with E-state index in [0.717, 1.165) is 22.1 Å². The lowest BCUT2D eigenvalue weighted by Gasteiger charge is -2.05. The Morgan fingerprint density at radius 3 is 3.00 bits per heavy atom. The van der Waals surface area contributed by atoms with E-state index in [9.17, 15) is 9.90 Å². The summed E-state index contributed by atoms with van der Waals surface area (Å²) in [6.45, 7) is 1.97. The number of hydrogen-bond acceptors (Lipinski definition) is 3. The summed E-state index contributed by atoms with van der Waals surface area (Å²) in [5.74, 6) is 0.133. The lowest BCUT2D eigenvalue weighted by atomic mass is 10.0. The van der Waals surface area contributed by atoms with Gasteiger partial charge in [-0.1, -0.05) is 6.92 Å². The van der Waals surface area contributed by atoms with E-state index < -0.39 is 0 Å². The van der Waals surface area contributed by atoms with E-state index in [4.69, 9.17) is 0 Å². The van der Waals surface area contributed by atoms with Gasteiger partial charge in [0.1, 0.15) is 5.75 Å². The van der Waals surface area contributed by atoms with E-state index in [1.54, 1.807) is 17.4 Å². The van der Waals surface area contributed by atoms with Crippen molar-refractivity contribution in [3.05, 3.63) is 28.6 Å². The third-order valence-corrected chi connectivity index (χ3v) is 3.21. The van der Waals surface area contributed by atoms with E-state index in [0.29, 0.717) is 11.8 Å². The summed E-state index contributed by atoms with van der Waals surface area (Å²) in [6.07, 6.45) is 1.44. The number of rotatable bonds is 2. The summed E-state index contributed by atoms with van der Waals surface area (Å²) >= 11 is 1.59. The Balaban J connectivity index is 2.87. The highest BCUT2D eigenvalue weighted by Gasteiger charge is 2.11. The zero-order valence-electron chi connectivity index (χ0n) is 7.78. The van der Waals surface area contributed by atoms with Crippen molar-refractivity contribution < 1.29 is 9.90 Å². The lowest BCUT2D eigenvalue weighted by molar-refractivity contribution is 0.112. The van der Waals surface area contributed by atoms with Crippen LogP contribution in [0.2, 0.25) is 0 Å². The fraction of sp³-hybridized carbons (Fsp3) is 0.182. The van der Waals surface area contributed by atoms with E-state index >= 15 is 0 Å². The Labute approximate surface area is 85.8 Å². The molecule has 0 aliphatic heterocycles. The lowest BCUT2D eigenvalue weighted by Crippen LogP contribution is -1.88. The first-order valence-electron chi connectivity index (χ1n) is 4.45. The van der Waals surface area contributed by atoms with Crippen molar-refractivity contribution in [3.63, 3.8) is 0 Å². The summed E-state index contributed by atoms with van der Waals surface area (Å²) in [7, 11) is 0. The Hall–Kier alpha value is -1.35. The van der Waals surface area contributed by atoms with Crippen molar-refractivity contribution >= 4 is 27.7 Å². The van der Waals surface area contributed by atoms with E-state index in [1.165, 1.54) is 0 Å². The number of thiophene rings is 1.